The second-order valence-corrected chi connectivity index (χ2v) is 7.81. The third-order valence-corrected chi connectivity index (χ3v) is 5.36. The van der Waals surface area contributed by atoms with Gasteiger partial charge in [0, 0.05) is 16.8 Å². The highest BCUT2D eigenvalue weighted by Crippen LogP contribution is 2.36. The molecular weight excluding hydrogens is 340 g/mol. The van der Waals surface area contributed by atoms with E-state index in [1.807, 2.05) is 27.7 Å². The number of hydrogen-bond acceptors (Lipinski definition) is 5. The molecule has 6 nitrogen and oxygen atoms in total. The van der Waals surface area contributed by atoms with Gasteiger partial charge in [-0.15, -0.1) is 11.3 Å². The van der Waals surface area contributed by atoms with Crippen LogP contribution in [0.3, 0.4) is 0 Å². The standard InChI is InChI=1S/C18H26N2O4S/c1-5-6-10(2)19-14(21)9-24-18(23)15-11(3)12(4)25-17(15)20-16(22)13-7-8-13/h10,13H,5-9H2,1-4H3,(H,19,21)(H,20,22)/t10-/m1/s1. The number of thiophene rings is 1. The molecule has 2 rings (SSSR count). The highest BCUT2D eigenvalue weighted by Gasteiger charge is 2.31. The number of amides is 2. The lowest BCUT2D eigenvalue weighted by Gasteiger charge is -2.13. The Bertz CT molecular complexity index is 664. The van der Waals surface area contributed by atoms with Crippen molar-refractivity contribution in [2.45, 2.75) is 59.4 Å². The van der Waals surface area contributed by atoms with E-state index in [4.69, 9.17) is 4.74 Å². The molecule has 0 radical (unpaired) electrons. The minimum atomic E-state index is -0.578. The number of nitrogens with one attached hydrogen (secondary N) is 2. The molecule has 0 aromatic carbocycles. The summed E-state index contributed by atoms with van der Waals surface area (Å²) < 4.78 is 5.17. The van der Waals surface area contributed by atoms with Crippen molar-refractivity contribution in [2.75, 3.05) is 11.9 Å². The highest BCUT2D eigenvalue weighted by molar-refractivity contribution is 7.16. The van der Waals surface area contributed by atoms with Crippen LogP contribution in [0.2, 0.25) is 0 Å². The first-order valence-corrected chi connectivity index (χ1v) is 9.52. The molecular formula is C18H26N2O4S. The van der Waals surface area contributed by atoms with E-state index >= 15 is 0 Å². The van der Waals surface area contributed by atoms with E-state index in [-0.39, 0.29) is 30.4 Å². The van der Waals surface area contributed by atoms with Crippen LogP contribution in [0.25, 0.3) is 0 Å². The predicted octanol–water partition coefficient (Wildman–Crippen LogP) is 3.18. The average molecular weight is 366 g/mol. The number of rotatable bonds is 8. The van der Waals surface area contributed by atoms with Gasteiger partial charge < -0.3 is 15.4 Å². The topological polar surface area (TPSA) is 84.5 Å². The molecule has 1 aliphatic carbocycles. The van der Waals surface area contributed by atoms with Crippen molar-refractivity contribution in [3.05, 3.63) is 16.0 Å². The summed E-state index contributed by atoms with van der Waals surface area (Å²) in [6.07, 6.45) is 3.63. The van der Waals surface area contributed by atoms with Crippen molar-refractivity contribution in [3.8, 4) is 0 Å². The molecule has 0 bridgehead atoms. The lowest BCUT2D eigenvalue weighted by Crippen LogP contribution is -2.35. The van der Waals surface area contributed by atoms with E-state index in [1.54, 1.807) is 0 Å². The minimum absolute atomic E-state index is 0.0507. The molecule has 1 saturated carbocycles. The normalized spacial score (nSPS) is 14.7. The third-order valence-electron chi connectivity index (χ3n) is 4.24. The van der Waals surface area contributed by atoms with Crippen molar-refractivity contribution < 1.29 is 19.1 Å². The maximum atomic E-state index is 12.4. The van der Waals surface area contributed by atoms with Gasteiger partial charge >= 0.3 is 5.97 Å². The summed E-state index contributed by atoms with van der Waals surface area (Å²) in [7, 11) is 0. The molecule has 1 atom stereocenters. The van der Waals surface area contributed by atoms with Crippen LogP contribution in [0.5, 0.6) is 0 Å². The molecule has 1 heterocycles. The first kappa shape index (κ1) is 19.4. The molecule has 0 saturated heterocycles. The first-order valence-electron chi connectivity index (χ1n) is 8.70. The Morgan fingerprint density at radius 1 is 1.28 bits per heavy atom. The fourth-order valence-corrected chi connectivity index (χ4v) is 3.60. The molecule has 1 aliphatic rings. The molecule has 1 aromatic rings. The molecule has 0 spiro atoms. The van der Waals surface area contributed by atoms with Crippen LogP contribution in [-0.4, -0.2) is 30.4 Å². The maximum absolute atomic E-state index is 12.4. The second kappa shape index (κ2) is 8.47. The Hall–Kier alpha value is -1.89. The molecule has 0 unspecified atom stereocenters. The Labute approximate surface area is 152 Å². The van der Waals surface area contributed by atoms with Crippen LogP contribution < -0.4 is 10.6 Å². The molecule has 0 aliphatic heterocycles. The molecule has 138 valence electrons. The number of anilines is 1. The number of carbonyl (C=O) groups is 3. The number of hydrogen-bond donors (Lipinski definition) is 2. The molecule has 1 aromatic heterocycles. The van der Waals surface area contributed by atoms with E-state index in [0.717, 1.165) is 36.1 Å². The smallest absolute Gasteiger partial charge is 0.341 e. The van der Waals surface area contributed by atoms with E-state index in [9.17, 15) is 14.4 Å². The number of carbonyl (C=O) groups excluding carboxylic acids is 3. The fourth-order valence-electron chi connectivity index (χ4n) is 2.55. The lowest BCUT2D eigenvalue weighted by molar-refractivity contribution is -0.124. The Balaban J connectivity index is 1.98. The molecule has 2 N–H and O–H groups in total. The van der Waals surface area contributed by atoms with Crippen LogP contribution in [-0.2, 0) is 14.3 Å². The summed E-state index contributed by atoms with van der Waals surface area (Å²) in [5.74, 6) is -0.896. The largest absolute Gasteiger partial charge is 0.452 e. The molecule has 1 fully saturated rings. The van der Waals surface area contributed by atoms with Gasteiger partial charge in [0.2, 0.25) is 5.91 Å². The molecule has 2 amide bonds. The Kier molecular flexibility index (Phi) is 6.58. The van der Waals surface area contributed by atoms with E-state index in [1.165, 1.54) is 11.3 Å². The monoisotopic (exact) mass is 366 g/mol. The number of ether oxygens (including phenoxy) is 1. The highest BCUT2D eigenvalue weighted by atomic mass is 32.1. The fraction of sp³-hybridized carbons (Fsp3) is 0.611. The van der Waals surface area contributed by atoms with Gasteiger partial charge in [0.15, 0.2) is 6.61 Å². The minimum Gasteiger partial charge on any atom is -0.452 e. The first-order chi connectivity index (χ1) is 11.8. The van der Waals surface area contributed by atoms with Crippen LogP contribution in [0, 0.1) is 19.8 Å². The van der Waals surface area contributed by atoms with Crippen LogP contribution in [0.1, 0.15) is 60.3 Å². The van der Waals surface area contributed by atoms with Gasteiger partial charge in [-0.05, 0) is 45.6 Å². The van der Waals surface area contributed by atoms with Gasteiger partial charge in [0.25, 0.3) is 5.91 Å². The van der Waals surface area contributed by atoms with Gasteiger partial charge in [-0.2, -0.15) is 0 Å². The Morgan fingerprint density at radius 2 is 1.96 bits per heavy atom. The van der Waals surface area contributed by atoms with Gasteiger partial charge in [-0.25, -0.2) is 4.79 Å². The second-order valence-electron chi connectivity index (χ2n) is 6.58. The zero-order valence-electron chi connectivity index (χ0n) is 15.2. The number of aryl methyl sites for hydroxylation is 1. The molecule has 7 heteroatoms. The van der Waals surface area contributed by atoms with Crippen molar-refractivity contribution in [2.24, 2.45) is 5.92 Å². The van der Waals surface area contributed by atoms with Crippen molar-refractivity contribution in [1.29, 1.82) is 0 Å². The van der Waals surface area contributed by atoms with Gasteiger partial charge in [-0.3, -0.25) is 9.59 Å². The van der Waals surface area contributed by atoms with E-state index in [2.05, 4.69) is 10.6 Å². The average Bonchev–Trinajstić information content (AvgIpc) is 3.34. The summed E-state index contributed by atoms with van der Waals surface area (Å²) >= 11 is 1.36. The summed E-state index contributed by atoms with van der Waals surface area (Å²) in [5, 5.41) is 6.13. The van der Waals surface area contributed by atoms with Crippen molar-refractivity contribution in [3.63, 3.8) is 0 Å². The lowest BCUT2D eigenvalue weighted by atomic mass is 10.1. The summed E-state index contributed by atoms with van der Waals surface area (Å²) in [5.41, 5.74) is 1.13. The van der Waals surface area contributed by atoms with Crippen LogP contribution >= 0.6 is 11.3 Å². The predicted molar refractivity (Wildman–Crippen MR) is 97.9 cm³/mol. The quantitative estimate of drug-likeness (QED) is 0.692. The zero-order chi connectivity index (χ0) is 18.6. The summed E-state index contributed by atoms with van der Waals surface area (Å²) in [6, 6.07) is 0.0507. The summed E-state index contributed by atoms with van der Waals surface area (Å²) in [6.45, 7) is 7.35. The maximum Gasteiger partial charge on any atom is 0.341 e. The van der Waals surface area contributed by atoms with Crippen LogP contribution in [0.4, 0.5) is 5.00 Å². The van der Waals surface area contributed by atoms with E-state index < -0.39 is 5.97 Å². The Morgan fingerprint density at radius 3 is 2.56 bits per heavy atom. The van der Waals surface area contributed by atoms with Gasteiger partial charge in [0.05, 0.1) is 5.56 Å². The van der Waals surface area contributed by atoms with Gasteiger partial charge in [-0.1, -0.05) is 13.3 Å². The van der Waals surface area contributed by atoms with Crippen molar-refractivity contribution in [1.82, 2.24) is 5.32 Å². The SMILES string of the molecule is CCC[C@@H](C)NC(=O)COC(=O)c1c(NC(=O)C2CC2)sc(C)c1C. The summed E-state index contributed by atoms with van der Waals surface area (Å²) in [4.78, 5) is 37.2. The van der Waals surface area contributed by atoms with E-state index in [0.29, 0.717) is 10.6 Å². The van der Waals surface area contributed by atoms with Crippen LogP contribution in [0.15, 0.2) is 0 Å². The third kappa shape index (κ3) is 5.29. The van der Waals surface area contributed by atoms with Crippen molar-refractivity contribution >= 4 is 34.1 Å². The molecule has 25 heavy (non-hydrogen) atoms. The number of esters is 1. The van der Waals surface area contributed by atoms with Gasteiger partial charge in [0.1, 0.15) is 5.00 Å². The zero-order valence-corrected chi connectivity index (χ0v) is 16.0.